The van der Waals surface area contributed by atoms with Gasteiger partial charge in [-0.1, -0.05) is 36.4 Å². The Morgan fingerprint density at radius 2 is 1.71 bits per heavy atom. The molecule has 1 aromatic heterocycles. The molecule has 2 aliphatic heterocycles. The third-order valence-corrected chi connectivity index (χ3v) is 8.13. The average Bonchev–Trinajstić information content (AvgIpc) is 3.55. The normalized spacial score (nSPS) is 18.6. The molecule has 42 heavy (non-hydrogen) atoms. The Morgan fingerprint density at radius 1 is 0.976 bits per heavy atom. The van der Waals surface area contributed by atoms with E-state index in [4.69, 9.17) is 9.73 Å². The Bertz CT molecular complexity index is 1620. The third kappa shape index (κ3) is 5.41. The molecule has 1 unspecified atom stereocenters. The molecule has 0 bridgehead atoms. The molecule has 3 heterocycles. The van der Waals surface area contributed by atoms with Gasteiger partial charge in [0.1, 0.15) is 0 Å². The number of benzene rings is 3. The van der Waals surface area contributed by atoms with Crippen LogP contribution in [0.2, 0.25) is 0 Å². The number of aromatic nitrogens is 1. The van der Waals surface area contributed by atoms with Crippen molar-refractivity contribution >= 4 is 39.9 Å². The number of anilines is 1. The van der Waals surface area contributed by atoms with Gasteiger partial charge in [0.05, 0.1) is 35.2 Å². The Balaban J connectivity index is 1.30. The van der Waals surface area contributed by atoms with Gasteiger partial charge in [-0.3, -0.25) is 9.69 Å². The first-order valence-corrected chi connectivity index (χ1v) is 14.4. The van der Waals surface area contributed by atoms with E-state index in [1.54, 1.807) is 25.1 Å². The van der Waals surface area contributed by atoms with Crippen molar-refractivity contribution in [3.63, 3.8) is 0 Å². The highest BCUT2D eigenvalue weighted by molar-refractivity contribution is 6.22. The Labute approximate surface area is 245 Å². The molecule has 2 N–H and O–H groups in total. The Morgan fingerprint density at radius 3 is 2.43 bits per heavy atom. The molecule has 2 aliphatic rings. The maximum atomic E-state index is 13.3. The van der Waals surface area contributed by atoms with Crippen molar-refractivity contribution in [3.8, 4) is 5.88 Å². The summed E-state index contributed by atoms with van der Waals surface area (Å²) in [6, 6.07) is 22.5. The second kappa shape index (κ2) is 11.8. The van der Waals surface area contributed by atoms with Crippen molar-refractivity contribution in [2.45, 2.75) is 19.4 Å². The number of nitrogens with zero attached hydrogens (tertiary/aromatic N) is 4. The van der Waals surface area contributed by atoms with Crippen molar-refractivity contribution in [2.24, 2.45) is 4.99 Å². The number of carbonyl (C=O) groups is 2. The molecule has 0 saturated carbocycles. The first-order valence-electron chi connectivity index (χ1n) is 14.4. The molecule has 216 valence electrons. The number of aliphatic imine (C=N–C) groups is 1. The number of ether oxygens (including phenoxy) is 1. The quantitative estimate of drug-likeness (QED) is 0.252. The third-order valence-electron chi connectivity index (χ3n) is 8.13. The zero-order valence-electron chi connectivity index (χ0n) is 23.9. The minimum Gasteiger partial charge on any atom is -0.494 e. The van der Waals surface area contributed by atoms with Crippen molar-refractivity contribution in [1.29, 1.82) is 0 Å². The van der Waals surface area contributed by atoms with E-state index in [9.17, 15) is 14.7 Å². The lowest BCUT2D eigenvalue weighted by Crippen LogP contribution is -2.51. The van der Waals surface area contributed by atoms with Crippen LogP contribution in [-0.4, -0.2) is 89.9 Å². The second-order valence-corrected chi connectivity index (χ2v) is 10.8. The summed E-state index contributed by atoms with van der Waals surface area (Å²) in [7, 11) is 2.12. The average molecular weight is 566 g/mol. The van der Waals surface area contributed by atoms with Crippen LogP contribution in [-0.2, 0) is 9.53 Å². The van der Waals surface area contributed by atoms with E-state index < -0.39 is 5.97 Å². The lowest BCUT2D eigenvalue weighted by atomic mass is 10.00. The number of hydrogen-bond acceptors (Lipinski definition) is 7. The molecule has 9 nitrogen and oxygen atoms in total. The molecule has 6 rings (SSSR count). The zero-order valence-corrected chi connectivity index (χ0v) is 23.9. The van der Waals surface area contributed by atoms with Gasteiger partial charge < -0.3 is 24.6 Å². The fourth-order valence-electron chi connectivity index (χ4n) is 5.86. The number of piperazine rings is 1. The molecule has 0 radical (unpaired) electrons. The van der Waals surface area contributed by atoms with Crippen LogP contribution in [0, 0.1) is 0 Å². The molecule has 0 spiro atoms. The van der Waals surface area contributed by atoms with Gasteiger partial charge in [0.25, 0.3) is 0 Å². The zero-order chi connectivity index (χ0) is 29.2. The van der Waals surface area contributed by atoms with Gasteiger partial charge in [-0.25, -0.2) is 9.79 Å². The summed E-state index contributed by atoms with van der Waals surface area (Å²) in [6.07, 6.45) is 0.832. The van der Waals surface area contributed by atoms with Crippen LogP contribution >= 0.6 is 0 Å². The summed E-state index contributed by atoms with van der Waals surface area (Å²) >= 11 is 0. The summed E-state index contributed by atoms with van der Waals surface area (Å²) in [5.41, 5.74) is 4.52. The number of carbonyl (C=O) groups excluding carboxylic acids is 2. The highest BCUT2D eigenvalue weighted by atomic mass is 16.5. The molecular weight excluding hydrogens is 530 g/mol. The van der Waals surface area contributed by atoms with E-state index in [-0.39, 0.29) is 24.4 Å². The van der Waals surface area contributed by atoms with Gasteiger partial charge in [0.15, 0.2) is 5.88 Å². The standard InChI is InChI=1S/C33H35N5O4/c1-3-42-33(41)23-9-14-26-27(21-23)35-31(39)29(26)30(22-7-5-4-6-8-22)34-24-10-12-25(13-11-24)38-16-15-28(32(38)40)37-19-17-36(2)18-20-37/h4-14,21,28,35,39H,3,15-20H2,1-2H3. The van der Waals surface area contributed by atoms with Crippen LogP contribution in [0.5, 0.6) is 5.88 Å². The summed E-state index contributed by atoms with van der Waals surface area (Å²) in [5.74, 6) is -0.298. The Hall–Kier alpha value is -4.47. The van der Waals surface area contributed by atoms with Crippen LogP contribution in [0.4, 0.5) is 11.4 Å². The SMILES string of the molecule is CCOC(=O)c1ccc2c(C(=Nc3ccc(N4CCC(N5CCN(C)CC5)C4=O)cc3)c3ccccc3)c(O)[nH]c2c1. The van der Waals surface area contributed by atoms with Gasteiger partial charge in [0, 0.05) is 54.9 Å². The van der Waals surface area contributed by atoms with E-state index >= 15 is 0 Å². The number of hydrogen-bond donors (Lipinski definition) is 2. The number of aromatic hydroxyl groups is 1. The molecule has 1 amide bonds. The lowest BCUT2D eigenvalue weighted by Gasteiger charge is -2.35. The van der Waals surface area contributed by atoms with Crippen LogP contribution in [0.1, 0.15) is 34.8 Å². The molecule has 1 atom stereocenters. The first kappa shape index (κ1) is 27.7. The fourth-order valence-corrected chi connectivity index (χ4v) is 5.86. The topological polar surface area (TPSA) is 101 Å². The van der Waals surface area contributed by atoms with E-state index in [1.165, 1.54) is 0 Å². The number of amides is 1. The maximum absolute atomic E-state index is 13.3. The molecule has 2 saturated heterocycles. The highest BCUT2D eigenvalue weighted by Gasteiger charge is 2.37. The number of H-pyrrole nitrogens is 1. The van der Waals surface area contributed by atoms with Gasteiger partial charge in [-0.2, -0.15) is 0 Å². The summed E-state index contributed by atoms with van der Waals surface area (Å²) in [5, 5.41) is 11.8. The van der Waals surface area contributed by atoms with Crippen molar-refractivity contribution in [2.75, 3.05) is 51.3 Å². The molecule has 9 heteroatoms. The number of fused-ring (bicyclic) bond motifs is 1. The lowest BCUT2D eigenvalue weighted by molar-refractivity contribution is -0.122. The predicted molar refractivity (Wildman–Crippen MR) is 164 cm³/mol. The second-order valence-electron chi connectivity index (χ2n) is 10.8. The monoisotopic (exact) mass is 565 g/mol. The number of rotatable bonds is 7. The van der Waals surface area contributed by atoms with Gasteiger partial charge in [-0.15, -0.1) is 0 Å². The number of likely N-dealkylation sites (N-methyl/N-ethyl adjacent to an activating group) is 1. The van der Waals surface area contributed by atoms with Crippen LogP contribution in [0.25, 0.3) is 10.9 Å². The van der Waals surface area contributed by atoms with Gasteiger partial charge in [0.2, 0.25) is 5.91 Å². The Kier molecular flexibility index (Phi) is 7.78. The van der Waals surface area contributed by atoms with Crippen molar-refractivity contribution in [3.05, 3.63) is 89.5 Å². The number of esters is 1. The van der Waals surface area contributed by atoms with Crippen LogP contribution in [0.15, 0.2) is 77.8 Å². The smallest absolute Gasteiger partial charge is 0.338 e. The minimum absolute atomic E-state index is 0.0390. The molecule has 4 aromatic rings. The van der Waals surface area contributed by atoms with Crippen LogP contribution < -0.4 is 4.90 Å². The summed E-state index contributed by atoms with van der Waals surface area (Å²) in [4.78, 5) is 40.1. The summed E-state index contributed by atoms with van der Waals surface area (Å²) in [6.45, 7) is 6.55. The summed E-state index contributed by atoms with van der Waals surface area (Å²) < 4.78 is 5.14. The minimum atomic E-state index is -0.418. The molecule has 3 aromatic carbocycles. The first-order chi connectivity index (χ1) is 20.4. The van der Waals surface area contributed by atoms with E-state index in [0.29, 0.717) is 34.6 Å². The van der Waals surface area contributed by atoms with Crippen molar-refractivity contribution in [1.82, 2.24) is 14.8 Å². The highest BCUT2D eigenvalue weighted by Crippen LogP contribution is 2.33. The fraction of sp³-hybridized carbons (Fsp3) is 0.303. The van der Waals surface area contributed by atoms with E-state index in [0.717, 1.165) is 49.2 Å². The van der Waals surface area contributed by atoms with Crippen LogP contribution in [0.3, 0.4) is 0 Å². The van der Waals surface area contributed by atoms with E-state index in [1.807, 2.05) is 59.5 Å². The maximum Gasteiger partial charge on any atom is 0.338 e. The largest absolute Gasteiger partial charge is 0.494 e. The number of aromatic amines is 1. The molecule has 0 aliphatic carbocycles. The molecular formula is C33H35N5O4. The van der Waals surface area contributed by atoms with Crippen molar-refractivity contribution < 1.29 is 19.4 Å². The van der Waals surface area contributed by atoms with Gasteiger partial charge >= 0.3 is 5.97 Å². The number of nitrogens with one attached hydrogen (secondary N) is 1. The van der Waals surface area contributed by atoms with Gasteiger partial charge in [-0.05, 0) is 56.8 Å². The predicted octanol–water partition coefficient (Wildman–Crippen LogP) is 4.57. The molecule has 2 fully saturated rings. The van der Waals surface area contributed by atoms with E-state index in [2.05, 4.69) is 21.8 Å².